The maximum absolute atomic E-state index is 12.6. The van der Waals surface area contributed by atoms with E-state index in [-0.39, 0.29) is 18.1 Å². The molecule has 1 aliphatic rings. The molecular formula is C30H31N5O2S. The summed E-state index contributed by atoms with van der Waals surface area (Å²) in [6.45, 7) is 4.14. The molecule has 4 aromatic rings. The highest BCUT2D eigenvalue weighted by Gasteiger charge is 2.42. The SMILES string of the molecule is COC(=O)c1ccccc1-n1c(C)cc([C@@H]2[C@@H](c3ccccn3)NC(=S)N2c2ccc(N(C)C)cc2)c1C. The molecule has 38 heavy (non-hydrogen) atoms. The van der Waals surface area contributed by atoms with E-state index in [1.54, 1.807) is 6.07 Å². The second-order valence-electron chi connectivity index (χ2n) is 9.58. The first kappa shape index (κ1) is 25.5. The molecule has 7 nitrogen and oxygen atoms in total. The zero-order valence-electron chi connectivity index (χ0n) is 22.2. The molecule has 0 aliphatic carbocycles. The Morgan fingerprint density at radius 3 is 2.39 bits per heavy atom. The van der Waals surface area contributed by atoms with E-state index in [9.17, 15) is 4.79 Å². The summed E-state index contributed by atoms with van der Waals surface area (Å²) in [6.07, 6.45) is 1.81. The Balaban J connectivity index is 1.68. The molecule has 0 bridgehead atoms. The summed E-state index contributed by atoms with van der Waals surface area (Å²) in [5, 5.41) is 4.18. The summed E-state index contributed by atoms with van der Waals surface area (Å²) in [4.78, 5) is 21.5. The summed E-state index contributed by atoms with van der Waals surface area (Å²) in [5.41, 5.74) is 7.44. The number of para-hydroxylation sites is 1. The number of aromatic nitrogens is 2. The molecule has 2 aromatic heterocycles. The van der Waals surface area contributed by atoms with Gasteiger partial charge in [0, 0.05) is 43.1 Å². The van der Waals surface area contributed by atoms with Gasteiger partial charge in [0.05, 0.1) is 36.1 Å². The molecule has 1 N–H and O–H groups in total. The first-order chi connectivity index (χ1) is 18.3. The first-order valence-electron chi connectivity index (χ1n) is 12.5. The number of nitrogens with one attached hydrogen (secondary N) is 1. The molecule has 2 aromatic carbocycles. The number of anilines is 2. The van der Waals surface area contributed by atoms with E-state index in [0.717, 1.165) is 39.7 Å². The lowest BCUT2D eigenvalue weighted by Gasteiger charge is -2.28. The number of thiocarbonyl (C=S) groups is 1. The van der Waals surface area contributed by atoms with E-state index in [4.69, 9.17) is 17.0 Å². The minimum Gasteiger partial charge on any atom is -0.465 e. The van der Waals surface area contributed by atoms with Crippen LogP contribution in [0, 0.1) is 13.8 Å². The van der Waals surface area contributed by atoms with E-state index < -0.39 is 0 Å². The first-order valence-corrected chi connectivity index (χ1v) is 12.9. The monoisotopic (exact) mass is 525 g/mol. The van der Waals surface area contributed by atoms with Crippen LogP contribution in [-0.4, -0.2) is 41.8 Å². The highest BCUT2D eigenvalue weighted by molar-refractivity contribution is 7.80. The molecule has 3 heterocycles. The second-order valence-corrected chi connectivity index (χ2v) is 9.96. The Morgan fingerprint density at radius 2 is 1.74 bits per heavy atom. The van der Waals surface area contributed by atoms with Crippen molar-refractivity contribution in [1.29, 1.82) is 0 Å². The van der Waals surface area contributed by atoms with Gasteiger partial charge >= 0.3 is 5.97 Å². The van der Waals surface area contributed by atoms with Crippen molar-refractivity contribution in [3.05, 3.63) is 107 Å². The topological polar surface area (TPSA) is 62.6 Å². The molecule has 0 saturated carbocycles. The average molecular weight is 526 g/mol. The van der Waals surface area contributed by atoms with Crippen molar-refractivity contribution >= 4 is 34.7 Å². The number of methoxy groups -OCH3 is 1. The van der Waals surface area contributed by atoms with Gasteiger partial charge < -0.3 is 24.4 Å². The van der Waals surface area contributed by atoms with Crippen LogP contribution in [0.2, 0.25) is 0 Å². The van der Waals surface area contributed by atoms with Crippen LogP contribution in [-0.2, 0) is 4.74 Å². The predicted octanol–water partition coefficient (Wildman–Crippen LogP) is 5.52. The molecule has 0 amide bonds. The number of rotatable bonds is 6. The molecule has 1 aliphatic heterocycles. The molecule has 1 saturated heterocycles. The van der Waals surface area contributed by atoms with Gasteiger partial charge in [-0.15, -0.1) is 0 Å². The maximum atomic E-state index is 12.6. The van der Waals surface area contributed by atoms with Crippen LogP contribution in [0.4, 0.5) is 11.4 Å². The van der Waals surface area contributed by atoms with Gasteiger partial charge in [-0.3, -0.25) is 4.98 Å². The zero-order chi connectivity index (χ0) is 27.0. The van der Waals surface area contributed by atoms with Crippen molar-refractivity contribution in [1.82, 2.24) is 14.9 Å². The number of nitrogens with zero attached hydrogens (tertiary/aromatic N) is 4. The number of pyridine rings is 1. The van der Waals surface area contributed by atoms with Crippen LogP contribution in [0.3, 0.4) is 0 Å². The molecule has 1 fully saturated rings. The largest absolute Gasteiger partial charge is 0.465 e. The van der Waals surface area contributed by atoms with Crippen LogP contribution in [0.5, 0.6) is 0 Å². The lowest BCUT2D eigenvalue weighted by Crippen LogP contribution is -2.29. The predicted molar refractivity (Wildman–Crippen MR) is 155 cm³/mol. The Morgan fingerprint density at radius 1 is 1.03 bits per heavy atom. The van der Waals surface area contributed by atoms with Gasteiger partial charge in [-0.2, -0.15) is 0 Å². The average Bonchev–Trinajstić information content (AvgIpc) is 3.43. The maximum Gasteiger partial charge on any atom is 0.339 e. The smallest absolute Gasteiger partial charge is 0.339 e. The summed E-state index contributed by atoms with van der Waals surface area (Å²) in [6, 6.07) is 23.7. The third-order valence-electron chi connectivity index (χ3n) is 7.08. The number of hydrogen-bond donors (Lipinski definition) is 1. The third kappa shape index (κ3) is 4.41. The van der Waals surface area contributed by atoms with Crippen LogP contribution in [0.1, 0.15) is 45.1 Å². The lowest BCUT2D eigenvalue weighted by atomic mass is 9.96. The minimum atomic E-state index is -0.368. The van der Waals surface area contributed by atoms with Gasteiger partial charge in [-0.25, -0.2) is 4.79 Å². The van der Waals surface area contributed by atoms with Gasteiger partial charge in [0.15, 0.2) is 5.11 Å². The van der Waals surface area contributed by atoms with Crippen molar-refractivity contribution in [2.75, 3.05) is 31.0 Å². The fraction of sp³-hybridized carbons (Fsp3) is 0.233. The Kier molecular flexibility index (Phi) is 6.91. The summed E-state index contributed by atoms with van der Waals surface area (Å²) < 4.78 is 7.19. The molecule has 5 rings (SSSR count). The number of aryl methyl sites for hydroxylation is 1. The van der Waals surface area contributed by atoms with Gasteiger partial charge in [0.1, 0.15) is 0 Å². The quantitative estimate of drug-likeness (QED) is 0.263. The van der Waals surface area contributed by atoms with Crippen LogP contribution in [0.25, 0.3) is 5.69 Å². The number of carbonyl (C=O) groups excluding carboxylic acids is 1. The number of ether oxygens (including phenoxy) is 1. The fourth-order valence-corrected chi connectivity index (χ4v) is 5.62. The van der Waals surface area contributed by atoms with Crippen molar-refractivity contribution in [3.63, 3.8) is 0 Å². The van der Waals surface area contributed by atoms with Crippen molar-refractivity contribution in [2.24, 2.45) is 0 Å². The van der Waals surface area contributed by atoms with Crippen LogP contribution >= 0.6 is 12.2 Å². The van der Waals surface area contributed by atoms with Crippen molar-refractivity contribution < 1.29 is 9.53 Å². The number of esters is 1. The molecular weight excluding hydrogens is 494 g/mol. The number of carbonyl (C=O) groups is 1. The van der Waals surface area contributed by atoms with Crippen LogP contribution < -0.4 is 15.1 Å². The third-order valence-corrected chi connectivity index (χ3v) is 7.40. The normalized spacial score (nSPS) is 16.9. The Hall–Kier alpha value is -4.17. The van der Waals surface area contributed by atoms with Gasteiger partial charge in [0.25, 0.3) is 0 Å². The standard InChI is InChI=1S/C30H31N5O2S/c1-19-18-24(20(2)34(19)26-12-7-6-10-23(26)29(36)37-5)28-27(25-11-8-9-17-31-25)32-30(38)35(28)22-15-13-21(14-16-22)33(3)4/h6-18,27-28H,1-5H3,(H,32,38)/t27-,28-/m1/s1. The van der Waals surface area contributed by atoms with E-state index in [1.807, 2.05) is 56.7 Å². The Labute approximate surface area is 228 Å². The molecule has 0 radical (unpaired) electrons. The molecule has 2 atom stereocenters. The van der Waals surface area contributed by atoms with Gasteiger partial charge in [-0.05, 0) is 86.2 Å². The molecule has 8 heteroatoms. The van der Waals surface area contributed by atoms with Gasteiger partial charge in [-0.1, -0.05) is 18.2 Å². The number of benzene rings is 2. The van der Waals surface area contributed by atoms with Crippen LogP contribution in [0.15, 0.2) is 79.0 Å². The second kappa shape index (κ2) is 10.3. The molecule has 0 unspecified atom stereocenters. The van der Waals surface area contributed by atoms with E-state index >= 15 is 0 Å². The molecule has 0 spiro atoms. The van der Waals surface area contributed by atoms with Gasteiger partial charge in [0.2, 0.25) is 0 Å². The lowest BCUT2D eigenvalue weighted by molar-refractivity contribution is 0.0600. The zero-order valence-corrected chi connectivity index (χ0v) is 23.0. The summed E-state index contributed by atoms with van der Waals surface area (Å²) >= 11 is 5.92. The van der Waals surface area contributed by atoms with E-state index in [1.165, 1.54) is 7.11 Å². The highest BCUT2D eigenvalue weighted by Crippen LogP contribution is 2.44. The Bertz CT molecular complexity index is 1480. The highest BCUT2D eigenvalue weighted by atomic mass is 32.1. The van der Waals surface area contributed by atoms with E-state index in [2.05, 4.69) is 68.8 Å². The van der Waals surface area contributed by atoms with Crippen molar-refractivity contribution in [2.45, 2.75) is 25.9 Å². The van der Waals surface area contributed by atoms with E-state index in [0.29, 0.717) is 10.7 Å². The van der Waals surface area contributed by atoms with Crippen molar-refractivity contribution in [3.8, 4) is 5.69 Å². The number of hydrogen-bond acceptors (Lipinski definition) is 5. The minimum absolute atomic E-state index is 0.159. The summed E-state index contributed by atoms with van der Waals surface area (Å²) in [7, 11) is 5.46. The fourth-order valence-electron chi connectivity index (χ4n) is 5.27. The molecule has 194 valence electrons. The summed E-state index contributed by atoms with van der Waals surface area (Å²) in [5.74, 6) is -0.368.